The van der Waals surface area contributed by atoms with Crippen LogP contribution in [0.25, 0.3) is 10.9 Å². The number of amides is 1. The second-order valence-electron chi connectivity index (χ2n) is 6.66. The Morgan fingerprint density at radius 1 is 1.22 bits per heavy atom. The Morgan fingerprint density at radius 3 is 2.65 bits per heavy atom. The highest BCUT2D eigenvalue weighted by atomic mass is 16.2. The number of carbonyl (C=O) groups is 1. The van der Waals surface area contributed by atoms with Gasteiger partial charge in [0.15, 0.2) is 0 Å². The summed E-state index contributed by atoms with van der Waals surface area (Å²) in [5.41, 5.74) is 1.63. The molecule has 0 N–H and O–H groups in total. The van der Waals surface area contributed by atoms with Crippen molar-refractivity contribution in [2.75, 3.05) is 13.1 Å². The first-order valence-corrected chi connectivity index (χ1v) is 8.43. The molecule has 0 saturated carbocycles. The van der Waals surface area contributed by atoms with E-state index in [-0.39, 0.29) is 11.5 Å². The molecule has 1 amide bonds. The van der Waals surface area contributed by atoms with Crippen LogP contribution in [0.3, 0.4) is 0 Å². The lowest BCUT2D eigenvalue weighted by Gasteiger charge is -2.30. The van der Waals surface area contributed by atoms with Gasteiger partial charge in [-0.1, -0.05) is 25.1 Å². The van der Waals surface area contributed by atoms with Crippen LogP contribution < -0.4 is 5.56 Å². The molecule has 1 aromatic heterocycles. The average Bonchev–Trinajstić information content (AvgIpc) is 2.55. The SMILES string of the molecule is Cc1cc2ccccc2n(CCC(=O)N2CCC(C)CC2)c1=O. The van der Waals surface area contributed by atoms with Gasteiger partial charge in [-0.05, 0) is 43.2 Å². The van der Waals surface area contributed by atoms with Crippen LogP contribution in [0.15, 0.2) is 35.1 Å². The standard InChI is InChI=1S/C19H24N2O2/c1-14-7-10-20(11-8-14)18(22)9-12-21-17-6-4-3-5-16(17)13-15(2)19(21)23/h3-6,13-14H,7-12H2,1-2H3. The van der Waals surface area contributed by atoms with E-state index in [1.165, 1.54) is 0 Å². The largest absolute Gasteiger partial charge is 0.343 e. The second-order valence-corrected chi connectivity index (χ2v) is 6.66. The first-order valence-electron chi connectivity index (χ1n) is 8.43. The topological polar surface area (TPSA) is 42.3 Å². The van der Waals surface area contributed by atoms with E-state index in [0.717, 1.165) is 42.4 Å². The molecular formula is C19H24N2O2. The lowest BCUT2D eigenvalue weighted by atomic mass is 9.99. The van der Waals surface area contributed by atoms with E-state index in [4.69, 9.17) is 0 Å². The van der Waals surface area contributed by atoms with Crippen molar-refractivity contribution in [1.82, 2.24) is 9.47 Å². The van der Waals surface area contributed by atoms with E-state index in [2.05, 4.69) is 6.92 Å². The van der Waals surface area contributed by atoms with Gasteiger partial charge in [-0.3, -0.25) is 9.59 Å². The fraction of sp³-hybridized carbons (Fsp3) is 0.474. The molecular weight excluding hydrogens is 288 g/mol. The average molecular weight is 312 g/mol. The van der Waals surface area contributed by atoms with E-state index in [1.807, 2.05) is 42.2 Å². The molecule has 0 bridgehead atoms. The monoisotopic (exact) mass is 312 g/mol. The minimum atomic E-state index is 0.00349. The Morgan fingerprint density at radius 2 is 1.91 bits per heavy atom. The Bertz CT molecular complexity index is 771. The highest BCUT2D eigenvalue weighted by molar-refractivity contribution is 5.80. The predicted octanol–water partition coefficient (Wildman–Crippen LogP) is 2.96. The van der Waals surface area contributed by atoms with E-state index in [1.54, 1.807) is 4.57 Å². The quantitative estimate of drug-likeness (QED) is 0.874. The molecule has 1 aliphatic rings. The van der Waals surface area contributed by atoms with E-state index < -0.39 is 0 Å². The van der Waals surface area contributed by atoms with Crippen LogP contribution in [0, 0.1) is 12.8 Å². The van der Waals surface area contributed by atoms with Crippen molar-refractivity contribution in [3.8, 4) is 0 Å². The molecule has 0 radical (unpaired) electrons. The summed E-state index contributed by atoms with van der Waals surface area (Å²) in [5, 5.41) is 1.05. The normalized spacial score (nSPS) is 16.0. The summed E-state index contributed by atoms with van der Waals surface area (Å²) in [6, 6.07) is 9.77. The number of aryl methyl sites for hydroxylation is 2. The van der Waals surface area contributed by atoms with Crippen LogP contribution in [0.1, 0.15) is 31.7 Å². The third kappa shape index (κ3) is 3.31. The van der Waals surface area contributed by atoms with Crippen LogP contribution in [-0.2, 0) is 11.3 Å². The number of para-hydroxylation sites is 1. The number of pyridine rings is 1. The van der Waals surface area contributed by atoms with E-state index in [9.17, 15) is 9.59 Å². The van der Waals surface area contributed by atoms with Gasteiger partial charge in [-0.15, -0.1) is 0 Å². The van der Waals surface area contributed by atoms with Gasteiger partial charge in [0.2, 0.25) is 5.91 Å². The number of likely N-dealkylation sites (tertiary alicyclic amines) is 1. The zero-order chi connectivity index (χ0) is 16.4. The zero-order valence-corrected chi connectivity index (χ0v) is 13.9. The summed E-state index contributed by atoms with van der Waals surface area (Å²) >= 11 is 0. The Hall–Kier alpha value is -2.10. The van der Waals surface area contributed by atoms with Gasteiger partial charge in [0.1, 0.15) is 0 Å². The van der Waals surface area contributed by atoms with E-state index >= 15 is 0 Å². The number of benzene rings is 1. The number of hydrogen-bond acceptors (Lipinski definition) is 2. The molecule has 122 valence electrons. The molecule has 1 saturated heterocycles. The van der Waals surface area contributed by atoms with Crippen molar-refractivity contribution < 1.29 is 4.79 Å². The highest BCUT2D eigenvalue weighted by Crippen LogP contribution is 2.17. The molecule has 2 aromatic rings. The number of nitrogens with zero attached hydrogens (tertiary/aromatic N) is 2. The van der Waals surface area contributed by atoms with Crippen molar-refractivity contribution in [3.05, 3.63) is 46.2 Å². The molecule has 1 fully saturated rings. The van der Waals surface area contributed by atoms with Crippen molar-refractivity contribution in [2.24, 2.45) is 5.92 Å². The minimum absolute atomic E-state index is 0.00349. The molecule has 2 heterocycles. The molecule has 0 unspecified atom stereocenters. The molecule has 0 aliphatic carbocycles. The maximum absolute atomic E-state index is 12.5. The smallest absolute Gasteiger partial charge is 0.253 e. The molecule has 1 aliphatic heterocycles. The van der Waals surface area contributed by atoms with Gasteiger partial charge in [-0.2, -0.15) is 0 Å². The molecule has 4 heteroatoms. The highest BCUT2D eigenvalue weighted by Gasteiger charge is 2.20. The van der Waals surface area contributed by atoms with Crippen molar-refractivity contribution in [3.63, 3.8) is 0 Å². The van der Waals surface area contributed by atoms with Crippen molar-refractivity contribution in [2.45, 2.75) is 39.7 Å². The predicted molar refractivity (Wildman–Crippen MR) is 92.5 cm³/mol. The number of hydrogen-bond donors (Lipinski definition) is 0. The van der Waals surface area contributed by atoms with Crippen LogP contribution in [0.4, 0.5) is 0 Å². The lowest BCUT2D eigenvalue weighted by Crippen LogP contribution is -2.38. The summed E-state index contributed by atoms with van der Waals surface area (Å²) in [6.45, 7) is 6.22. The minimum Gasteiger partial charge on any atom is -0.343 e. The van der Waals surface area contributed by atoms with Crippen LogP contribution in [0.2, 0.25) is 0 Å². The maximum atomic E-state index is 12.5. The number of rotatable bonds is 3. The Balaban J connectivity index is 1.78. The van der Waals surface area contributed by atoms with Crippen LogP contribution in [0.5, 0.6) is 0 Å². The second kappa shape index (κ2) is 6.57. The third-order valence-corrected chi connectivity index (χ3v) is 4.87. The lowest BCUT2D eigenvalue weighted by molar-refractivity contribution is -0.132. The fourth-order valence-electron chi connectivity index (χ4n) is 3.32. The molecule has 4 nitrogen and oxygen atoms in total. The Kier molecular flexibility index (Phi) is 4.51. The van der Waals surface area contributed by atoms with Crippen LogP contribution >= 0.6 is 0 Å². The van der Waals surface area contributed by atoms with Crippen molar-refractivity contribution in [1.29, 1.82) is 0 Å². The molecule has 1 aromatic carbocycles. The molecule has 0 atom stereocenters. The molecule has 3 rings (SSSR count). The number of piperidine rings is 1. The van der Waals surface area contributed by atoms with Crippen LogP contribution in [-0.4, -0.2) is 28.5 Å². The number of fused-ring (bicyclic) bond motifs is 1. The van der Waals surface area contributed by atoms with Gasteiger partial charge in [0, 0.05) is 31.6 Å². The molecule has 0 spiro atoms. The van der Waals surface area contributed by atoms with Gasteiger partial charge >= 0.3 is 0 Å². The fourth-order valence-corrected chi connectivity index (χ4v) is 3.32. The van der Waals surface area contributed by atoms with Gasteiger partial charge in [0.05, 0.1) is 5.52 Å². The van der Waals surface area contributed by atoms with Gasteiger partial charge in [0.25, 0.3) is 5.56 Å². The maximum Gasteiger partial charge on any atom is 0.253 e. The van der Waals surface area contributed by atoms with Crippen molar-refractivity contribution >= 4 is 16.8 Å². The number of aromatic nitrogens is 1. The zero-order valence-electron chi connectivity index (χ0n) is 13.9. The summed E-state index contributed by atoms with van der Waals surface area (Å²) in [4.78, 5) is 26.8. The number of carbonyl (C=O) groups excluding carboxylic acids is 1. The van der Waals surface area contributed by atoms with Gasteiger partial charge in [-0.25, -0.2) is 0 Å². The summed E-state index contributed by atoms with van der Waals surface area (Å²) in [5.74, 6) is 0.872. The first-order chi connectivity index (χ1) is 11.1. The summed E-state index contributed by atoms with van der Waals surface area (Å²) < 4.78 is 1.75. The first kappa shape index (κ1) is 15.8. The molecule has 23 heavy (non-hydrogen) atoms. The summed E-state index contributed by atoms with van der Waals surface area (Å²) in [6.07, 6.45) is 2.56. The van der Waals surface area contributed by atoms with Gasteiger partial charge < -0.3 is 9.47 Å². The van der Waals surface area contributed by atoms with E-state index in [0.29, 0.717) is 18.9 Å². The summed E-state index contributed by atoms with van der Waals surface area (Å²) in [7, 11) is 0. The Labute approximate surface area is 136 Å². The third-order valence-electron chi connectivity index (χ3n) is 4.87.